The molecule has 0 aromatic heterocycles. The maximum Gasteiger partial charge on any atom is 0.379 e. The molecular formula is C3H3F4N. The molecule has 8 heavy (non-hydrogen) atoms. The van der Waals surface area contributed by atoms with Crippen LogP contribution in [-0.4, -0.2) is 6.05 Å². The van der Waals surface area contributed by atoms with Gasteiger partial charge in [-0.25, -0.2) is 4.39 Å². The molecule has 0 spiro atoms. The number of halogens is 4. The van der Waals surface area contributed by atoms with Crippen molar-refractivity contribution in [3.05, 3.63) is 12.4 Å². The van der Waals surface area contributed by atoms with Gasteiger partial charge in [-0.05, 0) is 0 Å². The standard InChI is InChI=1S/C3H3F4N/c1-2(4)3(5,6)8-7/h8H,1H2. The first-order chi connectivity index (χ1) is 3.50. The van der Waals surface area contributed by atoms with Gasteiger partial charge in [0, 0.05) is 0 Å². The van der Waals surface area contributed by atoms with Crippen LogP contribution < -0.4 is 5.54 Å². The largest absolute Gasteiger partial charge is 0.379 e. The molecule has 0 atom stereocenters. The Morgan fingerprint density at radius 1 is 1.50 bits per heavy atom. The minimum absolute atomic E-state index is 0.0671. The Balaban J connectivity index is 3.91. The summed E-state index contributed by atoms with van der Waals surface area (Å²) in [6.07, 6.45) is 0. The molecule has 1 N–H and O–H groups in total. The van der Waals surface area contributed by atoms with E-state index in [0.717, 1.165) is 0 Å². The van der Waals surface area contributed by atoms with Crippen molar-refractivity contribution >= 4 is 0 Å². The average Bonchev–Trinajstić information content (AvgIpc) is 1.67. The maximum absolute atomic E-state index is 11.3. The Morgan fingerprint density at radius 2 is 1.88 bits per heavy atom. The molecule has 0 fully saturated rings. The van der Waals surface area contributed by atoms with Crippen molar-refractivity contribution in [2.24, 2.45) is 0 Å². The second-order valence-electron chi connectivity index (χ2n) is 1.07. The molecule has 0 aromatic carbocycles. The highest BCUT2D eigenvalue weighted by atomic mass is 19.3. The summed E-state index contributed by atoms with van der Waals surface area (Å²) in [4.78, 5) is 0. The summed E-state index contributed by atoms with van der Waals surface area (Å²) < 4.78 is 44.6. The summed E-state index contributed by atoms with van der Waals surface area (Å²) >= 11 is 0. The summed E-state index contributed by atoms with van der Waals surface area (Å²) in [5.74, 6) is -2.04. The average molecular weight is 129 g/mol. The van der Waals surface area contributed by atoms with Gasteiger partial charge >= 0.3 is 6.05 Å². The molecule has 48 valence electrons. The lowest BCUT2D eigenvalue weighted by Crippen LogP contribution is -2.29. The van der Waals surface area contributed by atoms with Crippen LogP contribution in [0.1, 0.15) is 0 Å². The normalized spacial score (nSPS) is 11.5. The zero-order chi connectivity index (χ0) is 6.78. The maximum atomic E-state index is 11.3. The molecule has 0 aliphatic rings. The first-order valence-electron chi connectivity index (χ1n) is 1.61. The van der Waals surface area contributed by atoms with Crippen LogP contribution in [0.3, 0.4) is 0 Å². The van der Waals surface area contributed by atoms with E-state index in [2.05, 4.69) is 6.58 Å². The van der Waals surface area contributed by atoms with E-state index in [4.69, 9.17) is 0 Å². The van der Waals surface area contributed by atoms with Gasteiger partial charge in [0.2, 0.25) is 0 Å². The number of hydrogen-bond acceptors (Lipinski definition) is 1. The highest BCUT2D eigenvalue weighted by Gasteiger charge is 2.33. The molecule has 0 unspecified atom stereocenters. The number of alkyl halides is 2. The molecule has 0 aliphatic carbocycles. The van der Waals surface area contributed by atoms with E-state index in [9.17, 15) is 17.7 Å². The Morgan fingerprint density at radius 3 is 1.88 bits per heavy atom. The quantitative estimate of drug-likeness (QED) is 0.338. The molecule has 5 heteroatoms. The van der Waals surface area contributed by atoms with Gasteiger partial charge < -0.3 is 0 Å². The fourth-order valence-electron chi connectivity index (χ4n) is 0.0513. The van der Waals surface area contributed by atoms with Crippen LogP contribution in [0, 0.1) is 0 Å². The fourth-order valence-corrected chi connectivity index (χ4v) is 0.0513. The summed E-state index contributed by atoms with van der Waals surface area (Å²) in [6, 6.07) is -4.24. The van der Waals surface area contributed by atoms with Gasteiger partial charge in [0.1, 0.15) is 0 Å². The second-order valence-corrected chi connectivity index (χ2v) is 1.07. The highest BCUT2D eigenvalue weighted by Crippen LogP contribution is 2.19. The van der Waals surface area contributed by atoms with E-state index in [1.54, 1.807) is 0 Å². The van der Waals surface area contributed by atoms with Gasteiger partial charge in [-0.1, -0.05) is 12.1 Å². The molecule has 1 nitrogen and oxygen atoms in total. The summed E-state index contributed by atoms with van der Waals surface area (Å²) in [5.41, 5.74) is -0.0671. The monoisotopic (exact) mass is 129 g/mol. The predicted octanol–water partition coefficient (Wildman–Crippen LogP) is 1.54. The SMILES string of the molecule is C=C(F)C(F)(F)NF. The van der Waals surface area contributed by atoms with Crippen LogP contribution in [0.4, 0.5) is 17.7 Å². The predicted molar refractivity (Wildman–Crippen MR) is 19.4 cm³/mol. The number of rotatable bonds is 2. The first-order valence-corrected chi connectivity index (χ1v) is 1.61. The Bertz CT molecular complexity index is 99.5. The van der Waals surface area contributed by atoms with Crippen molar-refractivity contribution < 1.29 is 17.7 Å². The van der Waals surface area contributed by atoms with Crippen molar-refractivity contribution in [1.29, 1.82) is 0 Å². The molecule has 0 rings (SSSR count). The van der Waals surface area contributed by atoms with Gasteiger partial charge in [0.25, 0.3) is 0 Å². The third kappa shape index (κ3) is 1.49. The molecule has 0 heterocycles. The van der Waals surface area contributed by atoms with Gasteiger partial charge in [-0.2, -0.15) is 8.78 Å². The molecule has 0 bridgehead atoms. The van der Waals surface area contributed by atoms with Crippen LogP contribution in [0.5, 0.6) is 0 Å². The van der Waals surface area contributed by atoms with E-state index < -0.39 is 11.9 Å². The third-order valence-electron chi connectivity index (χ3n) is 0.459. The van der Waals surface area contributed by atoms with Crippen molar-refractivity contribution in [2.45, 2.75) is 6.05 Å². The first kappa shape index (κ1) is 7.42. The van der Waals surface area contributed by atoms with Gasteiger partial charge in [0.05, 0.1) is 0 Å². The molecule has 0 saturated heterocycles. The van der Waals surface area contributed by atoms with Crippen molar-refractivity contribution in [2.75, 3.05) is 0 Å². The van der Waals surface area contributed by atoms with Crippen LogP contribution in [0.2, 0.25) is 0 Å². The zero-order valence-corrected chi connectivity index (χ0v) is 3.72. The van der Waals surface area contributed by atoms with Crippen LogP contribution in [0.25, 0.3) is 0 Å². The van der Waals surface area contributed by atoms with E-state index in [1.165, 1.54) is 0 Å². The molecule has 0 amide bonds. The van der Waals surface area contributed by atoms with Crippen molar-refractivity contribution in [1.82, 2.24) is 5.54 Å². The highest BCUT2D eigenvalue weighted by molar-refractivity contribution is 4.92. The fraction of sp³-hybridized carbons (Fsp3) is 0.333. The topological polar surface area (TPSA) is 12.0 Å². The number of nitrogens with one attached hydrogen (secondary N) is 1. The van der Waals surface area contributed by atoms with Gasteiger partial charge in [-0.15, -0.1) is 4.48 Å². The van der Waals surface area contributed by atoms with Gasteiger partial charge in [0.15, 0.2) is 5.83 Å². The van der Waals surface area contributed by atoms with Crippen molar-refractivity contribution in [3.8, 4) is 0 Å². The molecule has 0 aromatic rings. The Labute approximate surface area is 42.9 Å². The summed E-state index contributed by atoms with van der Waals surface area (Å²) in [6.45, 7) is 2.18. The third-order valence-corrected chi connectivity index (χ3v) is 0.459. The molecule has 0 saturated carbocycles. The lowest BCUT2D eigenvalue weighted by molar-refractivity contribution is -0.0688. The molecular weight excluding hydrogens is 126 g/mol. The van der Waals surface area contributed by atoms with E-state index >= 15 is 0 Å². The number of hydrogen-bond donors (Lipinski definition) is 1. The van der Waals surface area contributed by atoms with Crippen LogP contribution in [-0.2, 0) is 0 Å². The minimum Gasteiger partial charge on any atom is -0.204 e. The summed E-state index contributed by atoms with van der Waals surface area (Å²) in [7, 11) is 0. The van der Waals surface area contributed by atoms with E-state index in [1.807, 2.05) is 0 Å². The van der Waals surface area contributed by atoms with E-state index in [-0.39, 0.29) is 5.54 Å². The lowest BCUT2D eigenvalue weighted by Gasteiger charge is -2.06. The summed E-state index contributed by atoms with van der Waals surface area (Å²) in [5, 5.41) is 0. The Kier molecular flexibility index (Phi) is 1.97. The van der Waals surface area contributed by atoms with Crippen molar-refractivity contribution in [3.63, 3.8) is 0 Å². The van der Waals surface area contributed by atoms with Gasteiger partial charge in [-0.3, -0.25) is 0 Å². The minimum atomic E-state index is -4.24. The van der Waals surface area contributed by atoms with Crippen LogP contribution >= 0.6 is 0 Å². The molecule has 0 aliphatic heterocycles. The lowest BCUT2D eigenvalue weighted by atomic mass is 10.5. The molecule has 0 radical (unpaired) electrons. The van der Waals surface area contributed by atoms with Crippen LogP contribution in [0.15, 0.2) is 12.4 Å². The second kappa shape index (κ2) is 2.13. The zero-order valence-electron chi connectivity index (χ0n) is 3.72. The van der Waals surface area contributed by atoms with E-state index in [0.29, 0.717) is 0 Å². The smallest absolute Gasteiger partial charge is 0.204 e. The Hall–Kier alpha value is -0.580.